The first-order valence-electron chi connectivity index (χ1n) is 5.06. The number of nitrogens with zero attached hydrogens (tertiary/aromatic N) is 1. The summed E-state index contributed by atoms with van der Waals surface area (Å²) >= 11 is 0. The zero-order valence-electron chi connectivity index (χ0n) is 9.48. The fourth-order valence-corrected chi connectivity index (χ4v) is 2.27. The van der Waals surface area contributed by atoms with Gasteiger partial charge in [0.2, 0.25) is 0 Å². The molecular formula is C10H20ClNO3. The summed E-state index contributed by atoms with van der Waals surface area (Å²) in [6.07, 6.45) is 1.71. The molecule has 1 saturated carbocycles. The average Bonchev–Trinajstić information content (AvgIpc) is 2.01. The van der Waals surface area contributed by atoms with E-state index in [0.29, 0.717) is 10.9 Å². The molecule has 1 rings (SSSR count). The van der Waals surface area contributed by atoms with E-state index in [1.165, 1.54) is 0 Å². The third-order valence-corrected chi connectivity index (χ3v) is 3.13. The van der Waals surface area contributed by atoms with Crippen molar-refractivity contribution >= 4 is 5.97 Å². The number of aliphatic carboxylic acids is 1. The number of aliphatic hydroxyl groups excluding tert-OH is 1. The molecule has 0 saturated heterocycles. The Morgan fingerprint density at radius 1 is 1.27 bits per heavy atom. The monoisotopic (exact) mass is 237 g/mol. The summed E-state index contributed by atoms with van der Waals surface area (Å²) in [5.74, 6) is -1.44. The van der Waals surface area contributed by atoms with Gasteiger partial charge in [0.1, 0.15) is 12.1 Å². The van der Waals surface area contributed by atoms with Crippen LogP contribution in [-0.2, 0) is 4.79 Å². The fraction of sp³-hybridized carbons (Fsp3) is 0.900. The molecule has 1 fully saturated rings. The van der Waals surface area contributed by atoms with Gasteiger partial charge in [-0.25, -0.2) is 0 Å². The Bertz CT molecular complexity index is 227. The molecule has 0 aromatic carbocycles. The van der Waals surface area contributed by atoms with Gasteiger partial charge in [0, 0.05) is 6.42 Å². The van der Waals surface area contributed by atoms with E-state index in [1.54, 1.807) is 0 Å². The number of carbonyl (C=O) groups is 1. The molecule has 0 aliphatic heterocycles. The van der Waals surface area contributed by atoms with Crippen LogP contribution in [0, 0.1) is 5.92 Å². The molecule has 0 aromatic heterocycles. The van der Waals surface area contributed by atoms with Crippen LogP contribution in [0.3, 0.4) is 0 Å². The Labute approximate surface area is 96.9 Å². The standard InChI is InChI=1S/C10H19NO3.ClH/c1-11(2,3)8-6-4-5-7(9(8)12)10(13)14;/h7-9,12H,4-6H2,1-3H3;1H/t7-,8-,9-;/m0./s1. The highest BCUT2D eigenvalue weighted by Crippen LogP contribution is 2.29. The van der Waals surface area contributed by atoms with Crippen molar-refractivity contribution in [2.24, 2.45) is 5.92 Å². The van der Waals surface area contributed by atoms with E-state index in [9.17, 15) is 9.90 Å². The molecule has 90 valence electrons. The van der Waals surface area contributed by atoms with Crippen LogP contribution in [0.25, 0.3) is 0 Å². The lowest BCUT2D eigenvalue weighted by atomic mass is 9.82. The molecule has 1 aliphatic carbocycles. The Balaban J connectivity index is 0.00000196. The molecule has 0 heterocycles. The van der Waals surface area contributed by atoms with Crippen molar-refractivity contribution in [1.82, 2.24) is 0 Å². The van der Waals surface area contributed by atoms with E-state index in [-0.39, 0.29) is 18.4 Å². The van der Waals surface area contributed by atoms with E-state index in [4.69, 9.17) is 5.11 Å². The number of rotatable bonds is 2. The molecule has 2 N–H and O–H groups in total. The largest absolute Gasteiger partial charge is 1.00 e. The predicted octanol–water partition coefficient (Wildman–Crippen LogP) is -2.69. The molecule has 1 aliphatic rings. The van der Waals surface area contributed by atoms with Crippen molar-refractivity contribution < 1.29 is 31.9 Å². The SMILES string of the molecule is C[N+](C)(C)[C@H]1CCC[C@H](C(=O)O)[C@@H]1O.[Cl-]. The van der Waals surface area contributed by atoms with Crippen LogP contribution in [0.5, 0.6) is 0 Å². The number of halogens is 1. The van der Waals surface area contributed by atoms with E-state index < -0.39 is 18.0 Å². The molecule has 3 atom stereocenters. The summed E-state index contributed by atoms with van der Waals surface area (Å²) in [4.78, 5) is 10.9. The number of likely N-dealkylation sites (N-methyl/N-ethyl adjacent to an activating group) is 1. The van der Waals surface area contributed by atoms with Crippen LogP contribution >= 0.6 is 0 Å². The fourth-order valence-electron chi connectivity index (χ4n) is 2.27. The topological polar surface area (TPSA) is 57.5 Å². The van der Waals surface area contributed by atoms with Crippen LogP contribution in [0.4, 0.5) is 0 Å². The Morgan fingerprint density at radius 3 is 2.20 bits per heavy atom. The molecule has 15 heavy (non-hydrogen) atoms. The average molecular weight is 238 g/mol. The normalized spacial score (nSPS) is 31.9. The summed E-state index contributed by atoms with van der Waals surface area (Å²) < 4.78 is 0.630. The lowest BCUT2D eigenvalue weighted by molar-refractivity contribution is -0.901. The highest BCUT2D eigenvalue weighted by molar-refractivity contribution is 5.70. The first kappa shape index (κ1) is 14.7. The van der Waals surface area contributed by atoms with Crippen LogP contribution < -0.4 is 12.4 Å². The Kier molecular flexibility index (Phi) is 5.03. The zero-order chi connectivity index (χ0) is 10.9. The van der Waals surface area contributed by atoms with Gasteiger partial charge in [-0.1, -0.05) is 0 Å². The van der Waals surface area contributed by atoms with Gasteiger partial charge in [-0.05, 0) is 12.8 Å². The van der Waals surface area contributed by atoms with Gasteiger partial charge in [0.25, 0.3) is 0 Å². The summed E-state index contributed by atoms with van der Waals surface area (Å²) in [5.41, 5.74) is 0. The molecule has 0 aromatic rings. The second-order valence-corrected chi connectivity index (χ2v) is 5.05. The quantitative estimate of drug-likeness (QED) is 0.515. The predicted molar refractivity (Wildman–Crippen MR) is 52.8 cm³/mol. The van der Waals surface area contributed by atoms with Crippen LogP contribution in [-0.4, -0.2) is 54.0 Å². The van der Waals surface area contributed by atoms with Crippen molar-refractivity contribution in [1.29, 1.82) is 0 Å². The van der Waals surface area contributed by atoms with Gasteiger partial charge >= 0.3 is 5.97 Å². The number of carboxylic acids is 1. The minimum atomic E-state index is -0.865. The minimum Gasteiger partial charge on any atom is -1.00 e. The van der Waals surface area contributed by atoms with Gasteiger partial charge in [-0.2, -0.15) is 0 Å². The molecule has 0 spiro atoms. The van der Waals surface area contributed by atoms with E-state index >= 15 is 0 Å². The summed E-state index contributed by atoms with van der Waals surface area (Å²) in [6, 6.07) is 0.0462. The van der Waals surface area contributed by atoms with Gasteiger partial charge in [0.15, 0.2) is 0 Å². The summed E-state index contributed by atoms with van der Waals surface area (Å²) in [6.45, 7) is 0. The second-order valence-electron chi connectivity index (χ2n) is 5.05. The van der Waals surface area contributed by atoms with E-state index in [2.05, 4.69) is 0 Å². The lowest BCUT2D eigenvalue weighted by Gasteiger charge is -2.41. The smallest absolute Gasteiger partial charge is 0.309 e. The van der Waals surface area contributed by atoms with E-state index in [1.807, 2.05) is 21.1 Å². The van der Waals surface area contributed by atoms with Gasteiger partial charge in [-0.3, -0.25) is 4.79 Å². The minimum absolute atomic E-state index is 0. The van der Waals surface area contributed by atoms with Crippen molar-refractivity contribution in [2.45, 2.75) is 31.4 Å². The molecule has 4 nitrogen and oxygen atoms in total. The maximum atomic E-state index is 10.9. The summed E-state index contributed by atoms with van der Waals surface area (Å²) in [7, 11) is 5.99. The first-order valence-corrected chi connectivity index (χ1v) is 5.06. The number of aliphatic hydroxyl groups is 1. The zero-order valence-corrected chi connectivity index (χ0v) is 10.2. The molecular weight excluding hydrogens is 218 g/mol. The van der Waals surface area contributed by atoms with Crippen LogP contribution in [0.1, 0.15) is 19.3 Å². The Hall–Kier alpha value is -0.320. The lowest BCUT2D eigenvalue weighted by Crippen LogP contribution is -3.00. The first-order chi connectivity index (χ1) is 6.34. The highest BCUT2D eigenvalue weighted by atomic mass is 35.5. The maximum Gasteiger partial charge on any atom is 0.309 e. The maximum absolute atomic E-state index is 10.9. The Morgan fingerprint density at radius 2 is 1.80 bits per heavy atom. The molecule has 0 bridgehead atoms. The molecule has 0 radical (unpaired) electrons. The van der Waals surface area contributed by atoms with Crippen molar-refractivity contribution in [3.8, 4) is 0 Å². The molecule has 0 unspecified atom stereocenters. The van der Waals surface area contributed by atoms with Gasteiger partial charge in [0.05, 0.1) is 27.1 Å². The highest BCUT2D eigenvalue weighted by Gasteiger charge is 2.42. The third-order valence-electron chi connectivity index (χ3n) is 3.13. The van der Waals surface area contributed by atoms with Crippen molar-refractivity contribution in [3.05, 3.63) is 0 Å². The number of quaternary nitrogens is 1. The van der Waals surface area contributed by atoms with E-state index in [0.717, 1.165) is 12.8 Å². The molecule has 5 heteroatoms. The summed E-state index contributed by atoms with van der Waals surface area (Å²) in [5, 5.41) is 18.9. The van der Waals surface area contributed by atoms with Crippen LogP contribution in [0.2, 0.25) is 0 Å². The van der Waals surface area contributed by atoms with Crippen molar-refractivity contribution in [2.75, 3.05) is 21.1 Å². The number of hydrogen-bond donors (Lipinski definition) is 2. The number of hydrogen-bond acceptors (Lipinski definition) is 2. The van der Waals surface area contributed by atoms with Gasteiger partial charge < -0.3 is 27.1 Å². The second kappa shape index (κ2) is 5.14. The number of carboxylic acid groups (broad SMARTS) is 1. The van der Waals surface area contributed by atoms with Crippen LogP contribution in [0.15, 0.2) is 0 Å². The van der Waals surface area contributed by atoms with Crippen molar-refractivity contribution in [3.63, 3.8) is 0 Å². The molecule has 0 amide bonds. The third kappa shape index (κ3) is 3.33. The van der Waals surface area contributed by atoms with Gasteiger partial charge in [-0.15, -0.1) is 0 Å².